The van der Waals surface area contributed by atoms with Gasteiger partial charge in [0.1, 0.15) is 5.75 Å². The Morgan fingerprint density at radius 1 is 0.615 bits per heavy atom. The van der Waals surface area contributed by atoms with Crippen molar-refractivity contribution >= 4 is 22.7 Å². The van der Waals surface area contributed by atoms with Gasteiger partial charge in [-0.1, -0.05) is 66.2 Å². The molecule has 0 aliphatic heterocycles. The van der Waals surface area contributed by atoms with Crippen molar-refractivity contribution in [2.24, 2.45) is 0 Å². The molecule has 0 saturated heterocycles. The maximum atomic E-state index is 14.3. The molecule has 10 heteroatoms. The minimum Gasteiger partial charge on any atom is -0.465 e. The van der Waals surface area contributed by atoms with Crippen LogP contribution in [0.3, 0.4) is 0 Å². The molecule has 0 aromatic heterocycles. The highest BCUT2D eigenvalue weighted by molar-refractivity contribution is 6.12. The summed E-state index contributed by atoms with van der Waals surface area (Å²) in [7, 11) is 1.20. The SMILES string of the molecule is COC(=O)c1ccc(C(=O)Oc2ccc(C(c3ccc(C)cc3)(C(F)(F)F)C(F)(F)F)cc2)c2ccccc12. The molecule has 4 aromatic rings. The third-order valence-electron chi connectivity index (χ3n) is 6.38. The lowest BCUT2D eigenvalue weighted by Crippen LogP contribution is -2.54. The van der Waals surface area contributed by atoms with E-state index in [1.54, 1.807) is 31.2 Å². The molecule has 39 heavy (non-hydrogen) atoms. The number of esters is 2. The lowest BCUT2D eigenvalue weighted by molar-refractivity contribution is -0.288. The summed E-state index contributed by atoms with van der Waals surface area (Å²) in [5, 5.41) is 0.738. The Kier molecular flexibility index (Phi) is 7.16. The van der Waals surface area contributed by atoms with E-state index in [0.29, 0.717) is 28.5 Å². The molecule has 0 N–H and O–H groups in total. The number of methoxy groups -OCH3 is 1. The second-order valence-corrected chi connectivity index (χ2v) is 8.72. The molecule has 0 bridgehead atoms. The first kappa shape index (κ1) is 27.7. The van der Waals surface area contributed by atoms with E-state index >= 15 is 0 Å². The Bertz CT molecular complexity index is 1510. The number of alkyl halides is 6. The van der Waals surface area contributed by atoms with E-state index in [1.807, 2.05) is 0 Å². The average molecular weight is 546 g/mol. The Labute approximate surface area is 218 Å². The second-order valence-electron chi connectivity index (χ2n) is 8.72. The molecular weight excluding hydrogens is 526 g/mol. The van der Waals surface area contributed by atoms with Gasteiger partial charge in [0.2, 0.25) is 5.41 Å². The van der Waals surface area contributed by atoms with Gasteiger partial charge >= 0.3 is 24.3 Å². The Hall–Kier alpha value is -4.34. The van der Waals surface area contributed by atoms with Crippen LogP contribution in [0.4, 0.5) is 26.3 Å². The van der Waals surface area contributed by atoms with Crippen molar-refractivity contribution in [3.05, 3.63) is 113 Å². The third kappa shape index (κ3) is 4.82. The standard InChI is InChI=1S/C29H20F6O4/c1-17-7-9-18(10-8-17)27(28(30,31)32,29(33,34)35)19-11-13-20(14-12-19)39-26(37)24-16-15-23(25(36)38-2)21-5-3-4-6-22(21)24/h3-16H,1-2H3. The molecule has 0 spiro atoms. The largest absolute Gasteiger partial charge is 0.465 e. The quantitative estimate of drug-likeness (QED) is 0.147. The van der Waals surface area contributed by atoms with Crippen LogP contribution < -0.4 is 4.74 Å². The summed E-state index contributed by atoms with van der Waals surface area (Å²) in [5.74, 6) is -1.83. The van der Waals surface area contributed by atoms with Gasteiger partial charge in [0.25, 0.3) is 0 Å². The fourth-order valence-electron chi connectivity index (χ4n) is 4.49. The number of ether oxygens (including phenoxy) is 2. The lowest BCUT2D eigenvalue weighted by atomic mass is 9.72. The number of hydrogen-bond acceptors (Lipinski definition) is 4. The molecule has 0 aliphatic carbocycles. The maximum absolute atomic E-state index is 14.3. The first-order valence-electron chi connectivity index (χ1n) is 11.4. The lowest BCUT2D eigenvalue weighted by Gasteiger charge is -2.38. The van der Waals surface area contributed by atoms with Crippen molar-refractivity contribution < 1.29 is 45.4 Å². The first-order chi connectivity index (χ1) is 18.3. The van der Waals surface area contributed by atoms with Crippen LogP contribution >= 0.6 is 0 Å². The predicted molar refractivity (Wildman–Crippen MR) is 131 cm³/mol. The van der Waals surface area contributed by atoms with Crippen molar-refractivity contribution in [2.45, 2.75) is 24.7 Å². The summed E-state index contributed by atoms with van der Waals surface area (Å²) in [5.41, 5.74) is -5.67. The molecule has 0 saturated carbocycles. The summed E-state index contributed by atoms with van der Waals surface area (Å²) in [6.45, 7) is 1.54. The monoisotopic (exact) mass is 546 g/mol. The van der Waals surface area contributed by atoms with E-state index in [4.69, 9.17) is 9.47 Å². The van der Waals surface area contributed by atoms with E-state index in [0.717, 1.165) is 24.3 Å². The summed E-state index contributed by atoms with van der Waals surface area (Å²) in [4.78, 5) is 25.0. The van der Waals surface area contributed by atoms with Crippen molar-refractivity contribution in [2.75, 3.05) is 7.11 Å². The maximum Gasteiger partial charge on any atom is 0.411 e. The Morgan fingerprint density at radius 2 is 1.05 bits per heavy atom. The molecular formula is C29H20F6O4. The zero-order valence-electron chi connectivity index (χ0n) is 20.5. The van der Waals surface area contributed by atoms with Gasteiger partial charge < -0.3 is 9.47 Å². The number of hydrogen-bond donors (Lipinski definition) is 0. The topological polar surface area (TPSA) is 52.6 Å². The highest BCUT2D eigenvalue weighted by Gasteiger charge is 2.72. The van der Waals surface area contributed by atoms with Gasteiger partial charge in [-0.05, 0) is 53.1 Å². The first-order valence-corrected chi connectivity index (χ1v) is 11.4. The van der Waals surface area contributed by atoms with Crippen LogP contribution in [0.5, 0.6) is 5.75 Å². The van der Waals surface area contributed by atoms with Crippen LogP contribution in [0.25, 0.3) is 10.8 Å². The Morgan fingerprint density at radius 3 is 1.49 bits per heavy atom. The van der Waals surface area contributed by atoms with Gasteiger partial charge in [-0.25, -0.2) is 9.59 Å². The number of halogens is 6. The molecule has 0 fully saturated rings. The second kappa shape index (κ2) is 10.1. The van der Waals surface area contributed by atoms with Crippen LogP contribution in [0, 0.1) is 6.92 Å². The van der Waals surface area contributed by atoms with Crippen molar-refractivity contribution in [1.29, 1.82) is 0 Å². The summed E-state index contributed by atoms with van der Waals surface area (Å²) in [6.07, 6.45) is -11.5. The van der Waals surface area contributed by atoms with Gasteiger partial charge in [-0.2, -0.15) is 26.3 Å². The molecule has 0 radical (unpaired) electrons. The average Bonchev–Trinajstić information content (AvgIpc) is 2.88. The Balaban J connectivity index is 1.73. The fourth-order valence-corrected chi connectivity index (χ4v) is 4.49. The van der Waals surface area contributed by atoms with Crippen molar-refractivity contribution in [3.8, 4) is 5.75 Å². The van der Waals surface area contributed by atoms with Gasteiger partial charge in [-0.3, -0.25) is 0 Å². The number of carbonyl (C=O) groups excluding carboxylic acids is 2. The predicted octanol–water partition coefficient (Wildman–Crippen LogP) is 7.56. The molecule has 0 unspecified atom stereocenters. The number of carbonyl (C=O) groups is 2. The van der Waals surface area contributed by atoms with E-state index in [9.17, 15) is 35.9 Å². The smallest absolute Gasteiger partial charge is 0.411 e. The van der Waals surface area contributed by atoms with E-state index in [-0.39, 0.29) is 16.9 Å². The van der Waals surface area contributed by atoms with Gasteiger partial charge in [0.05, 0.1) is 18.2 Å². The molecule has 4 rings (SSSR count). The van der Waals surface area contributed by atoms with E-state index in [1.165, 1.54) is 31.4 Å². The van der Waals surface area contributed by atoms with Crippen LogP contribution in [0.2, 0.25) is 0 Å². The van der Waals surface area contributed by atoms with Crippen LogP contribution in [-0.4, -0.2) is 31.4 Å². The summed E-state index contributed by atoms with van der Waals surface area (Å²) < 4.78 is 95.8. The fraction of sp³-hybridized carbons (Fsp3) is 0.172. The van der Waals surface area contributed by atoms with E-state index < -0.39 is 40.8 Å². The zero-order chi connectivity index (χ0) is 28.6. The minimum atomic E-state index is -5.74. The highest BCUT2D eigenvalue weighted by Crippen LogP contribution is 2.56. The molecule has 4 nitrogen and oxygen atoms in total. The highest BCUT2D eigenvalue weighted by atomic mass is 19.4. The zero-order valence-corrected chi connectivity index (χ0v) is 20.5. The van der Waals surface area contributed by atoms with Crippen LogP contribution in [-0.2, 0) is 10.2 Å². The normalized spacial score (nSPS) is 12.3. The number of benzene rings is 4. The van der Waals surface area contributed by atoms with Crippen LogP contribution in [0.1, 0.15) is 37.4 Å². The number of fused-ring (bicyclic) bond motifs is 1. The van der Waals surface area contributed by atoms with E-state index in [2.05, 4.69) is 0 Å². The van der Waals surface area contributed by atoms with Gasteiger partial charge in [0, 0.05) is 0 Å². The number of rotatable bonds is 5. The molecule has 202 valence electrons. The van der Waals surface area contributed by atoms with Crippen LogP contribution in [0.15, 0.2) is 84.9 Å². The molecule has 0 amide bonds. The number of aryl methyl sites for hydroxylation is 1. The molecule has 0 heterocycles. The third-order valence-corrected chi connectivity index (χ3v) is 6.38. The van der Waals surface area contributed by atoms with Gasteiger partial charge in [-0.15, -0.1) is 0 Å². The molecule has 0 aliphatic rings. The summed E-state index contributed by atoms with van der Waals surface area (Å²) in [6, 6.07) is 16.1. The van der Waals surface area contributed by atoms with Gasteiger partial charge in [0.15, 0.2) is 0 Å². The minimum absolute atomic E-state index is 0.0296. The molecule has 0 atom stereocenters. The molecule has 4 aromatic carbocycles. The van der Waals surface area contributed by atoms with Crippen molar-refractivity contribution in [3.63, 3.8) is 0 Å². The van der Waals surface area contributed by atoms with Crippen molar-refractivity contribution in [1.82, 2.24) is 0 Å². The summed E-state index contributed by atoms with van der Waals surface area (Å²) >= 11 is 0.